The van der Waals surface area contributed by atoms with Crippen molar-refractivity contribution in [3.63, 3.8) is 0 Å². The second kappa shape index (κ2) is 7.09. The fraction of sp³-hybridized carbons (Fsp3) is 0.300. The predicted octanol–water partition coefficient (Wildman–Crippen LogP) is 6.04. The first-order valence-electron chi connectivity index (χ1n) is 7.57. The van der Waals surface area contributed by atoms with Gasteiger partial charge in [-0.25, -0.2) is 0 Å². The van der Waals surface area contributed by atoms with Gasteiger partial charge in [0.1, 0.15) is 0 Å². The lowest BCUT2D eigenvalue weighted by Gasteiger charge is -2.09. The fourth-order valence-electron chi connectivity index (χ4n) is 2.57. The molecule has 2 aromatic rings. The van der Waals surface area contributed by atoms with Gasteiger partial charge < -0.3 is 0 Å². The highest BCUT2D eigenvalue weighted by Crippen LogP contribution is 2.24. The molecule has 0 aliphatic heterocycles. The minimum absolute atomic E-state index is 1.17. The lowest BCUT2D eigenvalue weighted by molar-refractivity contribution is 0.715. The molecule has 0 aromatic heterocycles. The SMILES string of the molecule is C=Cc1cccc(-c2ccc(CCCCC)c(C)c2)c1. The first-order chi connectivity index (χ1) is 9.74. The lowest BCUT2D eigenvalue weighted by atomic mass is 9.96. The summed E-state index contributed by atoms with van der Waals surface area (Å²) in [6.45, 7) is 8.32. The largest absolute Gasteiger partial charge is 0.0985 e. The topological polar surface area (TPSA) is 0 Å². The Hall–Kier alpha value is -1.82. The van der Waals surface area contributed by atoms with E-state index in [-0.39, 0.29) is 0 Å². The van der Waals surface area contributed by atoms with Crippen LogP contribution in [0.1, 0.15) is 42.9 Å². The van der Waals surface area contributed by atoms with Crippen molar-refractivity contribution in [1.29, 1.82) is 0 Å². The molecule has 104 valence electrons. The van der Waals surface area contributed by atoms with Crippen LogP contribution in [0.15, 0.2) is 49.0 Å². The van der Waals surface area contributed by atoms with Gasteiger partial charge in [-0.05, 0) is 53.6 Å². The summed E-state index contributed by atoms with van der Waals surface area (Å²) in [6, 6.07) is 15.4. The normalized spacial score (nSPS) is 10.5. The second-order valence-electron chi connectivity index (χ2n) is 5.43. The van der Waals surface area contributed by atoms with Gasteiger partial charge in [0.2, 0.25) is 0 Å². The minimum atomic E-state index is 1.17. The van der Waals surface area contributed by atoms with Crippen LogP contribution in [0.5, 0.6) is 0 Å². The monoisotopic (exact) mass is 264 g/mol. The van der Waals surface area contributed by atoms with Crippen molar-refractivity contribution in [2.24, 2.45) is 0 Å². The maximum atomic E-state index is 3.84. The Kier molecular flexibility index (Phi) is 5.17. The van der Waals surface area contributed by atoms with Gasteiger partial charge in [-0.3, -0.25) is 0 Å². The Labute approximate surface area is 123 Å². The van der Waals surface area contributed by atoms with E-state index in [0.717, 1.165) is 0 Å². The Morgan fingerprint density at radius 3 is 2.50 bits per heavy atom. The van der Waals surface area contributed by atoms with E-state index in [2.05, 4.69) is 62.9 Å². The number of rotatable bonds is 6. The minimum Gasteiger partial charge on any atom is -0.0985 e. The summed E-state index contributed by atoms with van der Waals surface area (Å²) < 4.78 is 0. The molecule has 0 bridgehead atoms. The Morgan fingerprint density at radius 2 is 1.80 bits per heavy atom. The summed E-state index contributed by atoms with van der Waals surface area (Å²) in [4.78, 5) is 0. The smallest absolute Gasteiger partial charge is 0.0178 e. The Morgan fingerprint density at radius 1 is 1.00 bits per heavy atom. The first kappa shape index (κ1) is 14.6. The summed E-state index contributed by atoms with van der Waals surface area (Å²) in [5, 5.41) is 0. The Bertz CT molecular complexity index is 578. The summed E-state index contributed by atoms with van der Waals surface area (Å²) in [5.41, 5.74) is 6.63. The molecule has 20 heavy (non-hydrogen) atoms. The fourth-order valence-corrected chi connectivity index (χ4v) is 2.57. The van der Waals surface area contributed by atoms with Crippen molar-refractivity contribution in [1.82, 2.24) is 0 Å². The summed E-state index contributed by atoms with van der Waals surface area (Å²) in [7, 11) is 0. The molecule has 0 heteroatoms. The van der Waals surface area contributed by atoms with Crippen molar-refractivity contribution in [3.05, 3.63) is 65.7 Å². The molecule has 0 heterocycles. The van der Waals surface area contributed by atoms with E-state index >= 15 is 0 Å². The molecule has 0 radical (unpaired) electrons. The molecule has 0 aliphatic carbocycles. The van der Waals surface area contributed by atoms with Crippen LogP contribution in [-0.2, 0) is 6.42 Å². The third-order valence-electron chi connectivity index (χ3n) is 3.85. The van der Waals surface area contributed by atoms with Crippen LogP contribution in [0.2, 0.25) is 0 Å². The number of benzene rings is 2. The first-order valence-corrected chi connectivity index (χ1v) is 7.57. The zero-order valence-corrected chi connectivity index (χ0v) is 12.7. The maximum absolute atomic E-state index is 3.84. The van der Waals surface area contributed by atoms with Crippen LogP contribution in [0.3, 0.4) is 0 Å². The summed E-state index contributed by atoms with van der Waals surface area (Å²) in [6.07, 6.45) is 7.00. The quantitative estimate of drug-likeness (QED) is 0.558. The molecule has 0 nitrogen and oxygen atoms in total. The molecule has 0 spiro atoms. The van der Waals surface area contributed by atoms with Gasteiger partial charge in [-0.1, -0.05) is 68.8 Å². The second-order valence-corrected chi connectivity index (χ2v) is 5.43. The van der Waals surface area contributed by atoms with Crippen LogP contribution in [0.4, 0.5) is 0 Å². The van der Waals surface area contributed by atoms with Gasteiger partial charge in [-0.15, -0.1) is 0 Å². The van der Waals surface area contributed by atoms with E-state index < -0.39 is 0 Å². The van der Waals surface area contributed by atoms with E-state index in [4.69, 9.17) is 0 Å². The van der Waals surface area contributed by atoms with Gasteiger partial charge in [0.15, 0.2) is 0 Å². The molecule has 0 saturated heterocycles. The van der Waals surface area contributed by atoms with Gasteiger partial charge >= 0.3 is 0 Å². The van der Waals surface area contributed by atoms with Gasteiger partial charge in [0.25, 0.3) is 0 Å². The van der Waals surface area contributed by atoms with E-state index in [1.165, 1.54) is 53.5 Å². The number of aryl methyl sites for hydroxylation is 2. The summed E-state index contributed by atoms with van der Waals surface area (Å²) >= 11 is 0. The molecule has 2 aromatic carbocycles. The van der Waals surface area contributed by atoms with E-state index in [1.807, 2.05) is 6.08 Å². The van der Waals surface area contributed by atoms with Crippen LogP contribution < -0.4 is 0 Å². The van der Waals surface area contributed by atoms with Gasteiger partial charge in [0.05, 0.1) is 0 Å². The molecule has 0 fully saturated rings. The molecular formula is C20H24. The van der Waals surface area contributed by atoms with Gasteiger partial charge in [0, 0.05) is 0 Å². The Balaban J connectivity index is 2.21. The highest BCUT2D eigenvalue weighted by Gasteiger charge is 2.03. The molecule has 0 N–H and O–H groups in total. The highest BCUT2D eigenvalue weighted by molar-refractivity contribution is 5.68. The molecule has 0 atom stereocenters. The summed E-state index contributed by atoms with van der Waals surface area (Å²) in [5.74, 6) is 0. The average Bonchev–Trinajstić information content (AvgIpc) is 2.49. The molecule has 0 saturated carbocycles. The molecular weight excluding hydrogens is 240 g/mol. The molecule has 0 unspecified atom stereocenters. The van der Waals surface area contributed by atoms with Crippen molar-refractivity contribution < 1.29 is 0 Å². The van der Waals surface area contributed by atoms with Crippen LogP contribution in [0, 0.1) is 6.92 Å². The third kappa shape index (κ3) is 3.60. The number of hydrogen-bond donors (Lipinski definition) is 0. The zero-order chi connectivity index (χ0) is 14.4. The molecule has 0 amide bonds. The molecule has 2 rings (SSSR count). The van der Waals surface area contributed by atoms with E-state index in [1.54, 1.807) is 0 Å². The predicted molar refractivity (Wildman–Crippen MR) is 89.9 cm³/mol. The van der Waals surface area contributed by atoms with Crippen molar-refractivity contribution >= 4 is 6.08 Å². The third-order valence-corrected chi connectivity index (χ3v) is 3.85. The zero-order valence-electron chi connectivity index (χ0n) is 12.7. The molecule has 0 aliphatic rings. The number of unbranched alkanes of at least 4 members (excludes halogenated alkanes) is 2. The van der Waals surface area contributed by atoms with Crippen LogP contribution >= 0.6 is 0 Å². The van der Waals surface area contributed by atoms with Gasteiger partial charge in [-0.2, -0.15) is 0 Å². The highest BCUT2D eigenvalue weighted by atomic mass is 14.1. The van der Waals surface area contributed by atoms with Crippen LogP contribution in [-0.4, -0.2) is 0 Å². The maximum Gasteiger partial charge on any atom is -0.0178 e. The lowest BCUT2D eigenvalue weighted by Crippen LogP contribution is -1.91. The average molecular weight is 264 g/mol. The van der Waals surface area contributed by atoms with Crippen molar-refractivity contribution in [2.45, 2.75) is 39.5 Å². The van der Waals surface area contributed by atoms with Crippen LogP contribution in [0.25, 0.3) is 17.2 Å². The van der Waals surface area contributed by atoms with E-state index in [0.29, 0.717) is 0 Å². The standard InChI is InChI=1S/C20H24/c1-4-6-7-10-18-12-13-20(14-16(18)3)19-11-8-9-17(5-2)15-19/h5,8-9,11-15H,2,4,6-7,10H2,1,3H3. The number of hydrogen-bond acceptors (Lipinski definition) is 0. The van der Waals surface area contributed by atoms with E-state index in [9.17, 15) is 0 Å². The van der Waals surface area contributed by atoms with Crippen molar-refractivity contribution in [2.75, 3.05) is 0 Å². The van der Waals surface area contributed by atoms with Crippen molar-refractivity contribution in [3.8, 4) is 11.1 Å².